The highest BCUT2D eigenvalue weighted by Gasteiger charge is 2.38. The molecule has 51 heavy (non-hydrogen) atoms. The van der Waals surface area contributed by atoms with Crippen molar-refractivity contribution in [3.63, 3.8) is 0 Å². The summed E-state index contributed by atoms with van der Waals surface area (Å²) in [6.07, 6.45) is 0. The minimum atomic E-state index is -0.175. The third kappa shape index (κ3) is 4.57. The quantitative estimate of drug-likeness (QED) is 0.184. The van der Waals surface area contributed by atoms with Crippen molar-refractivity contribution in [3.05, 3.63) is 187 Å². The Bertz CT molecular complexity index is 2770. The predicted molar refractivity (Wildman–Crippen MR) is 214 cm³/mol. The Labute approximate surface area is 297 Å². The van der Waals surface area contributed by atoms with E-state index in [-0.39, 0.29) is 5.41 Å². The van der Waals surface area contributed by atoms with Crippen molar-refractivity contribution in [2.45, 2.75) is 19.3 Å². The van der Waals surface area contributed by atoms with E-state index < -0.39 is 0 Å². The highest BCUT2D eigenvalue weighted by Crippen LogP contribution is 2.54. The van der Waals surface area contributed by atoms with E-state index in [1.165, 1.54) is 55.4 Å². The lowest BCUT2D eigenvalue weighted by molar-refractivity contribution is 0.661. The van der Waals surface area contributed by atoms with Crippen LogP contribution in [0.25, 0.3) is 66.1 Å². The summed E-state index contributed by atoms with van der Waals surface area (Å²) in [4.78, 5) is 2.46. The lowest BCUT2D eigenvalue weighted by Gasteiger charge is -2.32. The summed E-state index contributed by atoms with van der Waals surface area (Å²) in [5.41, 5.74) is 15.2. The Morgan fingerprint density at radius 3 is 2.02 bits per heavy atom. The molecule has 2 nitrogen and oxygen atoms in total. The minimum absolute atomic E-state index is 0.175. The molecule has 0 N–H and O–H groups in total. The third-order valence-corrected chi connectivity index (χ3v) is 10.8. The van der Waals surface area contributed by atoms with Gasteiger partial charge in [-0.15, -0.1) is 0 Å². The molecule has 10 rings (SSSR count). The van der Waals surface area contributed by atoms with E-state index in [0.29, 0.717) is 0 Å². The number of rotatable bonds is 5. The number of nitrogens with zero attached hydrogens (tertiary/aromatic N) is 1. The summed E-state index contributed by atoms with van der Waals surface area (Å²) in [5.74, 6) is 0. The molecule has 242 valence electrons. The van der Waals surface area contributed by atoms with Crippen molar-refractivity contribution < 1.29 is 4.42 Å². The summed E-state index contributed by atoms with van der Waals surface area (Å²) < 4.78 is 6.35. The van der Waals surface area contributed by atoms with Crippen LogP contribution in [-0.4, -0.2) is 0 Å². The fourth-order valence-electron chi connectivity index (χ4n) is 8.51. The van der Waals surface area contributed by atoms with Gasteiger partial charge >= 0.3 is 0 Å². The van der Waals surface area contributed by atoms with E-state index in [1.807, 2.05) is 6.07 Å². The lowest BCUT2D eigenvalue weighted by Crippen LogP contribution is -2.20. The molecule has 1 aromatic heterocycles. The molecule has 1 heterocycles. The first-order valence-corrected chi connectivity index (χ1v) is 17.7. The van der Waals surface area contributed by atoms with E-state index in [2.05, 4.69) is 189 Å². The van der Waals surface area contributed by atoms with Crippen molar-refractivity contribution in [2.24, 2.45) is 0 Å². The molecule has 0 spiro atoms. The van der Waals surface area contributed by atoms with Gasteiger partial charge in [0.1, 0.15) is 11.2 Å². The van der Waals surface area contributed by atoms with Crippen molar-refractivity contribution in [3.8, 4) is 33.4 Å². The summed E-state index contributed by atoms with van der Waals surface area (Å²) in [6.45, 7) is 4.73. The molecule has 1 aliphatic carbocycles. The Morgan fingerprint density at radius 2 is 1.14 bits per heavy atom. The summed E-state index contributed by atoms with van der Waals surface area (Å²) in [7, 11) is 0. The van der Waals surface area contributed by atoms with Gasteiger partial charge in [-0.05, 0) is 92.4 Å². The zero-order valence-electron chi connectivity index (χ0n) is 28.6. The zero-order valence-corrected chi connectivity index (χ0v) is 28.6. The second-order valence-electron chi connectivity index (χ2n) is 14.1. The van der Waals surface area contributed by atoms with Gasteiger partial charge in [0.05, 0.1) is 5.69 Å². The average Bonchev–Trinajstić information content (AvgIpc) is 3.68. The molecule has 0 aliphatic heterocycles. The number of para-hydroxylation sites is 1. The molecular formula is C49H35NO. The van der Waals surface area contributed by atoms with Crippen LogP contribution in [-0.2, 0) is 5.41 Å². The van der Waals surface area contributed by atoms with Crippen LogP contribution in [0.15, 0.2) is 180 Å². The fourth-order valence-corrected chi connectivity index (χ4v) is 8.51. The Balaban J connectivity index is 1.20. The number of anilines is 3. The van der Waals surface area contributed by atoms with E-state index in [0.717, 1.165) is 38.9 Å². The molecule has 0 saturated carbocycles. The van der Waals surface area contributed by atoms with E-state index in [9.17, 15) is 0 Å². The second-order valence-corrected chi connectivity index (χ2v) is 14.1. The van der Waals surface area contributed by atoms with Gasteiger partial charge in [-0.2, -0.15) is 0 Å². The van der Waals surface area contributed by atoms with Crippen LogP contribution in [0.2, 0.25) is 0 Å². The van der Waals surface area contributed by atoms with E-state index in [1.54, 1.807) is 0 Å². The molecule has 0 fully saturated rings. The summed E-state index contributed by atoms with van der Waals surface area (Å²) in [5, 5.41) is 4.72. The largest absolute Gasteiger partial charge is 0.456 e. The van der Waals surface area contributed by atoms with E-state index in [4.69, 9.17) is 4.42 Å². The normalized spacial score (nSPS) is 13.1. The molecule has 0 saturated heterocycles. The Hall–Kier alpha value is -6.38. The number of hydrogen-bond donors (Lipinski definition) is 0. The topological polar surface area (TPSA) is 16.4 Å². The van der Waals surface area contributed by atoms with Crippen molar-refractivity contribution in [2.75, 3.05) is 4.90 Å². The number of hydrogen-bond acceptors (Lipinski definition) is 2. The van der Waals surface area contributed by atoms with E-state index >= 15 is 0 Å². The molecule has 1 aliphatic rings. The average molecular weight is 654 g/mol. The maximum atomic E-state index is 6.35. The minimum Gasteiger partial charge on any atom is -0.456 e. The van der Waals surface area contributed by atoms with Gasteiger partial charge in [0.2, 0.25) is 0 Å². The van der Waals surface area contributed by atoms with Gasteiger partial charge in [-0.25, -0.2) is 0 Å². The van der Waals surface area contributed by atoms with Gasteiger partial charge < -0.3 is 9.32 Å². The monoisotopic (exact) mass is 653 g/mol. The first kappa shape index (κ1) is 29.5. The maximum absolute atomic E-state index is 6.35. The summed E-state index contributed by atoms with van der Waals surface area (Å²) >= 11 is 0. The molecule has 0 unspecified atom stereocenters. The summed E-state index contributed by atoms with van der Waals surface area (Å²) in [6, 6.07) is 63.6. The standard InChI is InChI=1S/C49H35NO/c1-49(2)42-22-8-6-18-39(42)40-21-12-23-43(48(40)49)50(36-28-25-33(26-29-36)32-13-4-3-5-14-32)37-17-10-16-35(31-37)38-20-11-15-34-27-30-45-47(46(34)38)41-19-7-9-24-44(41)51-45/h3-31H,1-2H3. The van der Waals surface area contributed by atoms with Crippen LogP contribution in [0.4, 0.5) is 17.1 Å². The Morgan fingerprint density at radius 1 is 0.451 bits per heavy atom. The lowest BCUT2D eigenvalue weighted by atomic mass is 9.81. The van der Waals surface area contributed by atoms with Gasteiger partial charge in [-0.1, -0.05) is 147 Å². The highest BCUT2D eigenvalue weighted by atomic mass is 16.3. The van der Waals surface area contributed by atoms with Crippen molar-refractivity contribution in [1.82, 2.24) is 0 Å². The zero-order chi connectivity index (χ0) is 34.1. The number of fused-ring (bicyclic) bond motifs is 8. The molecule has 0 atom stereocenters. The van der Waals surface area contributed by atoms with Gasteiger partial charge in [0.15, 0.2) is 0 Å². The smallest absolute Gasteiger partial charge is 0.136 e. The van der Waals surface area contributed by atoms with Crippen LogP contribution in [0.5, 0.6) is 0 Å². The van der Waals surface area contributed by atoms with Gasteiger partial charge in [0, 0.05) is 32.9 Å². The third-order valence-electron chi connectivity index (χ3n) is 10.8. The molecule has 9 aromatic rings. The first-order valence-electron chi connectivity index (χ1n) is 17.7. The van der Waals surface area contributed by atoms with Crippen molar-refractivity contribution in [1.29, 1.82) is 0 Å². The van der Waals surface area contributed by atoms with Crippen LogP contribution in [0.1, 0.15) is 25.0 Å². The van der Waals surface area contributed by atoms with Crippen molar-refractivity contribution >= 4 is 49.8 Å². The van der Waals surface area contributed by atoms with Gasteiger partial charge in [-0.3, -0.25) is 0 Å². The number of furan rings is 1. The molecule has 2 heteroatoms. The SMILES string of the molecule is CC1(C)c2ccccc2-c2cccc(N(c3ccc(-c4ccccc4)cc3)c3cccc(-c4cccc5ccc6oc7ccccc7c6c45)c3)c21. The highest BCUT2D eigenvalue weighted by molar-refractivity contribution is 6.22. The predicted octanol–water partition coefficient (Wildman–Crippen LogP) is 13.8. The fraction of sp³-hybridized carbons (Fsp3) is 0.0612. The molecular weight excluding hydrogens is 619 g/mol. The number of benzene rings is 8. The van der Waals surface area contributed by atoms with Gasteiger partial charge in [0.25, 0.3) is 0 Å². The molecule has 0 radical (unpaired) electrons. The van der Waals surface area contributed by atoms with Crippen LogP contribution < -0.4 is 4.90 Å². The Kier molecular flexibility index (Phi) is 6.56. The molecule has 8 aromatic carbocycles. The second kappa shape index (κ2) is 11.3. The van der Waals surface area contributed by atoms with Crippen LogP contribution in [0.3, 0.4) is 0 Å². The molecule has 0 bridgehead atoms. The molecule has 0 amide bonds. The van der Waals surface area contributed by atoms with Crippen LogP contribution >= 0.6 is 0 Å². The maximum Gasteiger partial charge on any atom is 0.136 e. The van der Waals surface area contributed by atoms with Crippen LogP contribution in [0, 0.1) is 0 Å². The first-order chi connectivity index (χ1) is 25.1.